The molecule has 2 aromatic rings. The van der Waals surface area contributed by atoms with Crippen LogP contribution in [0.5, 0.6) is 5.75 Å². The summed E-state index contributed by atoms with van der Waals surface area (Å²) in [4.78, 5) is 0. The lowest BCUT2D eigenvalue weighted by Crippen LogP contribution is -2.02. The molecule has 0 saturated carbocycles. The number of unbranched alkanes of at least 4 members (excludes halogenated alkanes) is 6. The Kier molecular flexibility index (Phi) is 10.8. The van der Waals surface area contributed by atoms with Gasteiger partial charge in [-0.3, -0.25) is 0 Å². The normalized spacial score (nSPS) is 11.4. The molecule has 0 bridgehead atoms. The summed E-state index contributed by atoms with van der Waals surface area (Å²) in [6.07, 6.45) is 7.14. The van der Waals surface area contributed by atoms with Gasteiger partial charge in [0.1, 0.15) is 12.4 Å². The Morgan fingerprint density at radius 2 is 1.32 bits per heavy atom. The highest BCUT2D eigenvalue weighted by Gasteiger charge is 2.21. The minimum atomic E-state index is -4.31. The van der Waals surface area contributed by atoms with Crippen LogP contribution in [-0.2, 0) is 6.42 Å². The third kappa shape index (κ3) is 11.3. The highest BCUT2D eigenvalue weighted by molar-refractivity contribution is 5.44. The number of hydrogen-bond acceptors (Lipinski definition) is 1. The predicted molar refractivity (Wildman–Crippen MR) is 121 cm³/mol. The van der Waals surface area contributed by atoms with E-state index in [-0.39, 0.29) is 12.7 Å². The first-order valence-electron chi connectivity index (χ1n) is 11.0. The highest BCUT2D eigenvalue weighted by atomic mass is 19.4. The zero-order valence-electron chi connectivity index (χ0n) is 18.2. The van der Waals surface area contributed by atoms with E-state index in [0.717, 1.165) is 23.6 Å². The molecule has 0 aliphatic rings. The molecule has 4 heteroatoms. The second-order valence-electron chi connectivity index (χ2n) is 7.60. The number of allylic oxidation sites excluding steroid dienone is 1. The summed E-state index contributed by atoms with van der Waals surface area (Å²) in [6, 6.07) is 15.4. The Morgan fingerprint density at radius 3 is 1.90 bits per heavy atom. The molecule has 166 valence electrons. The van der Waals surface area contributed by atoms with E-state index in [1.54, 1.807) is 24.3 Å². The van der Waals surface area contributed by atoms with Gasteiger partial charge in [-0.15, -0.1) is 0 Å². The van der Waals surface area contributed by atoms with Crippen LogP contribution in [0.25, 0.3) is 0 Å². The molecule has 0 atom stereocenters. The molecule has 0 unspecified atom stereocenters. The second kappa shape index (κ2) is 13.6. The molecule has 0 spiro atoms. The molecule has 0 radical (unpaired) electrons. The van der Waals surface area contributed by atoms with Crippen molar-refractivity contribution in [3.05, 3.63) is 77.4 Å². The van der Waals surface area contributed by atoms with Crippen LogP contribution in [0.1, 0.15) is 68.6 Å². The molecule has 0 amide bonds. The summed E-state index contributed by atoms with van der Waals surface area (Å²) in [7, 11) is 0. The quantitative estimate of drug-likeness (QED) is 0.201. The fourth-order valence-corrected chi connectivity index (χ4v) is 3.15. The van der Waals surface area contributed by atoms with Gasteiger partial charge in [-0.25, -0.2) is 0 Å². The van der Waals surface area contributed by atoms with Gasteiger partial charge >= 0.3 is 6.18 Å². The molecule has 2 rings (SSSR count). The van der Waals surface area contributed by atoms with E-state index in [1.807, 2.05) is 12.1 Å². The van der Waals surface area contributed by atoms with Crippen LogP contribution in [0.15, 0.2) is 60.7 Å². The van der Waals surface area contributed by atoms with E-state index >= 15 is 0 Å². The third-order valence-electron chi connectivity index (χ3n) is 4.88. The first-order chi connectivity index (χ1) is 15.0. The maximum absolute atomic E-state index is 12.0. The number of rotatable bonds is 11. The summed E-state index contributed by atoms with van der Waals surface area (Å²) < 4.78 is 41.4. The maximum atomic E-state index is 12.0. The first kappa shape index (κ1) is 24.6. The second-order valence-corrected chi connectivity index (χ2v) is 7.60. The minimum Gasteiger partial charge on any atom is -0.490 e. The number of alkyl halides is 3. The van der Waals surface area contributed by atoms with E-state index in [0.29, 0.717) is 5.75 Å². The molecule has 0 aliphatic carbocycles. The number of halogens is 3. The monoisotopic (exact) mass is 428 g/mol. The molecule has 0 aliphatic heterocycles. The Bertz CT molecular complexity index is 837. The molecule has 0 fully saturated rings. The number of hydrogen-bond donors (Lipinski definition) is 0. The van der Waals surface area contributed by atoms with Gasteiger partial charge in [0.15, 0.2) is 0 Å². The van der Waals surface area contributed by atoms with Crippen LogP contribution in [-0.4, -0.2) is 12.8 Å². The van der Waals surface area contributed by atoms with E-state index < -0.39 is 6.18 Å². The van der Waals surface area contributed by atoms with Gasteiger partial charge in [0.2, 0.25) is 0 Å². The molecule has 0 saturated heterocycles. The summed E-state index contributed by atoms with van der Waals surface area (Å²) in [5, 5.41) is 0. The fourth-order valence-electron chi connectivity index (χ4n) is 3.15. The van der Waals surface area contributed by atoms with Gasteiger partial charge in [0.05, 0.1) is 0 Å². The van der Waals surface area contributed by atoms with Crippen LogP contribution in [0, 0.1) is 11.8 Å². The molecular formula is C27H31F3O. The smallest absolute Gasteiger partial charge is 0.409 e. The maximum Gasteiger partial charge on any atom is 0.409 e. The Balaban J connectivity index is 1.74. The lowest BCUT2D eigenvalue weighted by Gasteiger charge is -2.03. The highest BCUT2D eigenvalue weighted by Crippen LogP contribution is 2.17. The number of ether oxygens (including phenoxy) is 1. The number of benzene rings is 2. The van der Waals surface area contributed by atoms with Crippen molar-refractivity contribution in [3.8, 4) is 17.6 Å². The standard InChI is InChI=1S/C27H31F3O/c1-2-3-4-5-6-7-8-10-23-11-13-24(14-12-23)15-16-25-17-19-26(20-18-25)31-22-9-21-27(28,29)30/h9,11-14,17-21H,2-8,10,22H2,1H3. The lowest BCUT2D eigenvalue weighted by molar-refractivity contribution is -0.0801. The van der Waals surface area contributed by atoms with Crippen molar-refractivity contribution in [2.24, 2.45) is 0 Å². The molecular weight excluding hydrogens is 397 g/mol. The van der Waals surface area contributed by atoms with Crippen molar-refractivity contribution in [3.63, 3.8) is 0 Å². The van der Waals surface area contributed by atoms with Gasteiger partial charge in [-0.2, -0.15) is 13.2 Å². The van der Waals surface area contributed by atoms with Crippen molar-refractivity contribution in [1.82, 2.24) is 0 Å². The zero-order chi connectivity index (χ0) is 22.4. The molecule has 2 aromatic carbocycles. The van der Waals surface area contributed by atoms with Gasteiger partial charge < -0.3 is 4.74 Å². The topological polar surface area (TPSA) is 9.23 Å². The Morgan fingerprint density at radius 1 is 0.774 bits per heavy atom. The van der Waals surface area contributed by atoms with Crippen LogP contribution >= 0.6 is 0 Å². The average molecular weight is 429 g/mol. The lowest BCUT2D eigenvalue weighted by atomic mass is 10.0. The fraction of sp³-hybridized carbons (Fsp3) is 0.407. The summed E-state index contributed by atoms with van der Waals surface area (Å²) >= 11 is 0. The van der Waals surface area contributed by atoms with Crippen LogP contribution in [0.3, 0.4) is 0 Å². The Labute approximate surface area is 184 Å². The minimum absolute atomic E-state index is 0.129. The SMILES string of the molecule is CCCCCCCCCc1ccc(C#Cc2ccc(OCC=CC(F)(F)F)cc2)cc1. The average Bonchev–Trinajstić information content (AvgIpc) is 2.76. The number of aryl methyl sites for hydroxylation is 1. The zero-order valence-corrected chi connectivity index (χ0v) is 18.2. The van der Waals surface area contributed by atoms with Crippen molar-refractivity contribution < 1.29 is 17.9 Å². The molecule has 31 heavy (non-hydrogen) atoms. The summed E-state index contributed by atoms with van der Waals surface area (Å²) in [6.45, 7) is 2.11. The van der Waals surface area contributed by atoms with Crippen molar-refractivity contribution >= 4 is 0 Å². The third-order valence-corrected chi connectivity index (χ3v) is 4.88. The predicted octanol–water partition coefficient (Wildman–Crippen LogP) is 7.88. The summed E-state index contributed by atoms with van der Waals surface area (Å²) in [5.74, 6) is 6.76. The largest absolute Gasteiger partial charge is 0.490 e. The van der Waals surface area contributed by atoms with Crippen molar-refractivity contribution in [2.45, 2.75) is 64.5 Å². The van der Waals surface area contributed by atoms with Crippen LogP contribution in [0.4, 0.5) is 13.2 Å². The van der Waals surface area contributed by atoms with Crippen LogP contribution in [0.2, 0.25) is 0 Å². The van der Waals surface area contributed by atoms with Gasteiger partial charge in [0, 0.05) is 17.2 Å². The van der Waals surface area contributed by atoms with E-state index in [4.69, 9.17) is 4.74 Å². The molecule has 0 aromatic heterocycles. The van der Waals surface area contributed by atoms with Crippen molar-refractivity contribution in [2.75, 3.05) is 6.61 Å². The molecule has 0 heterocycles. The summed E-state index contributed by atoms with van der Waals surface area (Å²) in [5.41, 5.74) is 3.13. The molecule has 1 nitrogen and oxygen atoms in total. The molecule has 0 N–H and O–H groups in total. The van der Waals surface area contributed by atoms with Gasteiger partial charge in [-0.05, 0) is 60.9 Å². The van der Waals surface area contributed by atoms with Crippen LogP contribution < -0.4 is 4.74 Å². The van der Waals surface area contributed by atoms with Crippen molar-refractivity contribution in [1.29, 1.82) is 0 Å². The van der Waals surface area contributed by atoms with E-state index in [2.05, 4.69) is 30.9 Å². The van der Waals surface area contributed by atoms with Gasteiger partial charge in [0.25, 0.3) is 0 Å². The van der Waals surface area contributed by atoms with Gasteiger partial charge in [-0.1, -0.05) is 69.4 Å². The first-order valence-corrected chi connectivity index (χ1v) is 11.0. The van der Waals surface area contributed by atoms with E-state index in [1.165, 1.54) is 50.5 Å². The Hall–Kier alpha value is -2.67. The van der Waals surface area contributed by atoms with E-state index in [9.17, 15) is 13.2 Å².